The Bertz CT molecular complexity index is 3790. The van der Waals surface area contributed by atoms with E-state index in [1.807, 2.05) is 33.2 Å². The SMILES string of the molecule is CCCCCCCCCCCCCCC#Cc1c(C)cc(C#CCCCCCCCCCCCCCCC(C)OC(C#Cc2c(C)cc(C#CC(OCC)OCC)c3ccc(Cc4cc(-c5c[nH]cn5)c5ccccc5c4-c4c[nH]cn4)cc23)OCC)c2ccccc12. The molecule has 8 rings (SSSR count). The van der Waals surface area contributed by atoms with Gasteiger partial charge in [-0.3, -0.25) is 0 Å². The fourth-order valence-electron chi connectivity index (χ4n) is 12.9. The minimum Gasteiger partial charge on any atom is -0.351 e. The first-order valence-electron chi connectivity index (χ1n) is 35.9. The van der Waals surface area contributed by atoms with E-state index in [4.69, 9.17) is 23.9 Å². The summed E-state index contributed by atoms with van der Waals surface area (Å²) in [6.45, 7) is 16.2. The van der Waals surface area contributed by atoms with E-state index in [0.29, 0.717) is 26.2 Å². The van der Waals surface area contributed by atoms with Crippen LogP contribution >= 0.6 is 0 Å². The fourth-order valence-corrected chi connectivity index (χ4v) is 12.9. The molecule has 8 nitrogen and oxygen atoms in total. The van der Waals surface area contributed by atoms with Gasteiger partial charge in [0, 0.05) is 78.4 Å². The van der Waals surface area contributed by atoms with Gasteiger partial charge in [0.25, 0.3) is 0 Å². The molecule has 0 radical (unpaired) electrons. The smallest absolute Gasteiger partial charge is 0.223 e. The molecule has 0 amide bonds. The number of imidazole rings is 2. The van der Waals surface area contributed by atoms with Gasteiger partial charge in [-0.15, -0.1) is 0 Å². The number of aromatic nitrogens is 4. The molecule has 490 valence electrons. The number of rotatable bonds is 38. The number of nitrogens with one attached hydrogen (secondary N) is 2. The molecule has 2 unspecified atom stereocenters. The summed E-state index contributed by atoms with van der Waals surface area (Å²) < 4.78 is 24.4. The van der Waals surface area contributed by atoms with Crippen LogP contribution in [0.5, 0.6) is 0 Å². The summed E-state index contributed by atoms with van der Waals surface area (Å²) in [6, 6.07) is 30.6. The van der Waals surface area contributed by atoms with E-state index in [1.54, 1.807) is 12.7 Å². The predicted molar refractivity (Wildman–Crippen MR) is 390 cm³/mol. The number of benzene rings is 6. The van der Waals surface area contributed by atoms with Gasteiger partial charge in [-0.2, -0.15) is 0 Å². The number of ether oxygens (including phenoxy) is 4. The Morgan fingerprint density at radius 2 is 0.925 bits per heavy atom. The third kappa shape index (κ3) is 22.7. The minimum atomic E-state index is -0.660. The maximum atomic E-state index is 6.55. The molecule has 0 saturated heterocycles. The van der Waals surface area contributed by atoms with Crippen LogP contribution in [0.15, 0.2) is 110 Å². The number of aromatic amines is 2. The van der Waals surface area contributed by atoms with Crippen LogP contribution < -0.4 is 0 Å². The molecule has 2 atom stereocenters. The Balaban J connectivity index is 0.766. The van der Waals surface area contributed by atoms with Crippen molar-refractivity contribution in [2.75, 3.05) is 19.8 Å². The van der Waals surface area contributed by atoms with Crippen molar-refractivity contribution in [2.24, 2.45) is 0 Å². The van der Waals surface area contributed by atoms with Gasteiger partial charge in [-0.25, -0.2) is 9.97 Å². The zero-order chi connectivity index (χ0) is 65.1. The third-order valence-corrected chi connectivity index (χ3v) is 17.9. The molecule has 2 aromatic heterocycles. The number of nitrogens with zero attached hydrogens (tertiary/aromatic N) is 2. The van der Waals surface area contributed by atoms with Crippen molar-refractivity contribution in [3.8, 4) is 69.9 Å². The second-order valence-corrected chi connectivity index (χ2v) is 25.3. The van der Waals surface area contributed by atoms with Crippen molar-refractivity contribution >= 4 is 32.3 Å². The number of unbranched alkanes of at least 4 members (excludes halogenated alkanes) is 24. The Kier molecular flexibility index (Phi) is 31.2. The molecule has 2 N–H and O–H groups in total. The fraction of sp³-hybridized carbons (Fsp3) is 0.482. The summed E-state index contributed by atoms with van der Waals surface area (Å²) in [4.78, 5) is 15.8. The minimum absolute atomic E-state index is 0.0108. The standard InChI is InChI=1S/C85H106N4O4/c1-8-12-13-14-15-16-17-18-23-26-29-32-35-38-45-72-65(5)56-69(74-46-39-40-47-76(72)74)44-37-34-31-28-25-22-20-19-21-24-27-30-33-36-43-67(7)93-84(92-11-4)55-53-73-66(6)57-70(51-54-83(90-9-2)91-10-3)75-52-50-68(59-79(73)75)58-71-60-80(81-61-86-63-88-81)77-48-41-42-49-78(77)85(71)82-62-87-64-89-82/h39-42,46-50,52,56-57,59-64,67,83-84H,8-36,43,58H2,1-7H3,(H,86,88)(H,87,89). The summed E-state index contributed by atoms with van der Waals surface area (Å²) in [5.41, 5.74) is 12.6. The molecule has 0 aliphatic rings. The molecule has 0 aliphatic heterocycles. The Labute approximate surface area is 559 Å². The second-order valence-electron chi connectivity index (χ2n) is 25.3. The summed E-state index contributed by atoms with van der Waals surface area (Å²) in [7, 11) is 0. The molecular formula is C85H106N4O4. The molecule has 93 heavy (non-hydrogen) atoms. The van der Waals surface area contributed by atoms with Crippen LogP contribution in [0.3, 0.4) is 0 Å². The quantitative estimate of drug-likeness (QED) is 0.0227. The molecule has 0 aliphatic carbocycles. The molecule has 0 spiro atoms. The van der Waals surface area contributed by atoms with E-state index in [1.165, 1.54) is 170 Å². The largest absolute Gasteiger partial charge is 0.351 e. The van der Waals surface area contributed by atoms with E-state index in [-0.39, 0.29) is 6.10 Å². The number of H-pyrrole nitrogens is 2. The van der Waals surface area contributed by atoms with Crippen molar-refractivity contribution in [3.63, 3.8) is 0 Å². The molecule has 0 saturated carbocycles. The van der Waals surface area contributed by atoms with Crippen LogP contribution in [0.1, 0.15) is 252 Å². The normalized spacial score (nSPS) is 11.9. The van der Waals surface area contributed by atoms with Gasteiger partial charge >= 0.3 is 0 Å². The first kappa shape index (κ1) is 71.4. The van der Waals surface area contributed by atoms with Crippen LogP contribution in [0.2, 0.25) is 0 Å². The summed E-state index contributed by atoms with van der Waals surface area (Å²) in [6.07, 6.45) is 41.4. The average Bonchev–Trinajstić information content (AvgIpc) is 1.66. The molecule has 8 heteroatoms. The lowest BCUT2D eigenvalue weighted by Crippen LogP contribution is -2.21. The van der Waals surface area contributed by atoms with Gasteiger partial charge in [0.2, 0.25) is 12.6 Å². The van der Waals surface area contributed by atoms with Crippen molar-refractivity contribution < 1.29 is 18.9 Å². The van der Waals surface area contributed by atoms with Gasteiger partial charge in [-0.05, 0) is 158 Å². The van der Waals surface area contributed by atoms with Gasteiger partial charge in [0.05, 0.1) is 30.1 Å². The molecule has 2 heterocycles. The van der Waals surface area contributed by atoms with Gasteiger partial charge in [-0.1, -0.05) is 244 Å². The Morgan fingerprint density at radius 3 is 1.51 bits per heavy atom. The van der Waals surface area contributed by atoms with Crippen molar-refractivity contribution in [1.29, 1.82) is 0 Å². The summed E-state index contributed by atoms with van der Waals surface area (Å²) in [5.74, 6) is 27.8. The van der Waals surface area contributed by atoms with E-state index < -0.39 is 12.6 Å². The number of hydrogen-bond acceptors (Lipinski definition) is 6. The van der Waals surface area contributed by atoms with Crippen molar-refractivity contribution in [2.45, 2.75) is 247 Å². The lowest BCUT2D eigenvalue weighted by Gasteiger charge is -2.18. The van der Waals surface area contributed by atoms with Crippen LogP contribution in [-0.2, 0) is 25.4 Å². The van der Waals surface area contributed by atoms with Gasteiger partial charge in [0.15, 0.2) is 0 Å². The number of hydrogen-bond donors (Lipinski definition) is 2. The zero-order valence-electron chi connectivity index (χ0n) is 57.6. The van der Waals surface area contributed by atoms with E-state index in [2.05, 4.69) is 175 Å². The van der Waals surface area contributed by atoms with Crippen molar-refractivity contribution in [3.05, 3.63) is 154 Å². The van der Waals surface area contributed by atoms with E-state index in [9.17, 15) is 0 Å². The molecular weight excluding hydrogens is 1140 g/mol. The maximum Gasteiger partial charge on any atom is 0.223 e. The molecule has 0 bridgehead atoms. The van der Waals surface area contributed by atoms with Gasteiger partial charge in [0.1, 0.15) is 0 Å². The van der Waals surface area contributed by atoms with Crippen molar-refractivity contribution in [1.82, 2.24) is 19.9 Å². The Morgan fingerprint density at radius 1 is 0.441 bits per heavy atom. The zero-order valence-corrected chi connectivity index (χ0v) is 57.6. The second kappa shape index (κ2) is 40.7. The first-order chi connectivity index (χ1) is 45.8. The van der Waals surface area contributed by atoms with E-state index in [0.717, 1.165) is 103 Å². The highest BCUT2D eigenvalue weighted by atomic mass is 16.7. The maximum absolute atomic E-state index is 6.55. The Hall–Kier alpha value is -7.40. The van der Waals surface area contributed by atoms with E-state index >= 15 is 0 Å². The molecule has 0 fully saturated rings. The monoisotopic (exact) mass is 1250 g/mol. The lowest BCUT2D eigenvalue weighted by atomic mass is 9.88. The van der Waals surface area contributed by atoms with Gasteiger partial charge < -0.3 is 28.9 Å². The highest BCUT2D eigenvalue weighted by molar-refractivity contribution is 6.05. The van der Waals surface area contributed by atoms with Crippen LogP contribution in [-0.4, -0.2) is 58.4 Å². The summed E-state index contributed by atoms with van der Waals surface area (Å²) in [5, 5.41) is 6.73. The number of aryl methyl sites for hydroxylation is 2. The third-order valence-electron chi connectivity index (χ3n) is 17.9. The highest BCUT2D eigenvalue weighted by Gasteiger charge is 2.20. The molecule has 6 aromatic carbocycles. The lowest BCUT2D eigenvalue weighted by molar-refractivity contribution is -0.130. The van der Waals surface area contributed by atoms with Crippen LogP contribution in [0.4, 0.5) is 0 Å². The average molecular weight is 1250 g/mol. The predicted octanol–water partition coefficient (Wildman–Crippen LogP) is 22.0. The topological polar surface area (TPSA) is 94.3 Å². The summed E-state index contributed by atoms with van der Waals surface area (Å²) >= 11 is 0. The van der Waals surface area contributed by atoms with Crippen LogP contribution in [0, 0.1) is 61.2 Å². The molecule has 8 aromatic rings. The first-order valence-corrected chi connectivity index (χ1v) is 35.9. The number of fused-ring (bicyclic) bond motifs is 3. The highest BCUT2D eigenvalue weighted by Crippen LogP contribution is 2.39. The van der Waals surface area contributed by atoms with Crippen LogP contribution in [0.25, 0.3) is 54.8 Å².